The first-order valence-electron chi connectivity index (χ1n) is 10.8. The van der Waals surface area contributed by atoms with Crippen molar-refractivity contribution in [2.24, 2.45) is 0 Å². The highest BCUT2D eigenvalue weighted by atomic mass is 16.1. The SMILES string of the molecule is Cc1c(NC(=O)c2ccc(C(C)(C)C)cc2)cccc1-c1cc(Nc2ccccn2)ncn1. The molecule has 1 amide bonds. The number of aromatic nitrogens is 3. The maximum atomic E-state index is 12.9. The standard InChI is InChI=1S/C27H27N5O/c1-18-21(23-16-25(30-17-29-23)32-24-10-5-6-15-28-24)8-7-9-22(18)31-26(33)19-11-13-20(14-12-19)27(2,3)4/h5-17H,1-4H3,(H,31,33)(H,28,29,30,32). The fraction of sp³-hybridized carbons (Fsp3) is 0.185. The number of pyridine rings is 1. The van der Waals surface area contributed by atoms with Crippen LogP contribution in [0.3, 0.4) is 0 Å². The second-order valence-electron chi connectivity index (χ2n) is 8.89. The van der Waals surface area contributed by atoms with Crippen molar-refractivity contribution >= 4 is 23.2 Å². The first kappa shape index (κ1) is 22.1. The van der Waals surface area contributed by atoms with Gasteiger partial charge in [-0.2, -0.15) is 0 Å². The second-order valence-corrected chi connectivity index (χ2v) is 8.89. The Labute approximate surface area is 194 Å². The Balaban J connectivity index is 1.56. The molecule has 33 heavy (non-hydrogen) atoms. The lowest BCUT2D eigenvalue weighted by atomic mass is 9.86. The lowest BCUT2D eigenvalue weighted by Crippen LogP contribution is -2.15. The quantitative estimate of drug-likeness (QED) is 0.392. The maximum Gasteiger partial charge on any atom is 0.255 e. The molecular weight excluding hydrogens is 410 g/mol. The first-order chi connectivity index (χ1) is 15.8. The molecule has 2 heterocycles. The highest BCUT2D eigenvalue weighted by Gasteiger charge is 2.15. The molecule has 2 N–H and O–H groups in total. The molecule has 0 aliphatic rings. The normalized spacial score (nSPS) is 11.2. The van der Waals surface area contributed by atoms with E-state index < -0.39 is 0 Å². The summed E-state index contributed by atoms with van der Waals surface area (Å²) >= 11 is 0. The fourth-order valence-electron chi connectivity index (χ4n) is 3.51. The van der Waals surface area contributed by atoms with Gasteiger partial charge in [0.1, 0.15) is 18.0 Å². The van der Waals surface area contributed by atoms with E-state index in [4.69, 9.17) is 0 Å². The number of rotatable bonds is 5. The minimum atomic E-state index is -0.143. The smallest absolute Gasteiger partial charge is 0.255 e. The van der Waals surface area contributed by atoms with E-state index in [1.165, 1.54) is 11.9 Å². The van der Waals surface area contributed by atoms with E-state index in [2.05, 4.69) is 46.4 Å². The van der Waals surface area contributed by atoms with Gasteiger partial charge in [0.05, 0.1) is 5.69 Å². The van der Waals surface area contributed by atoms with E-state index >= 15 is 0 Å². The molecule has 166 valence electrons. The van der Waals surface area contributed by atoms with Crippen molar-refractivity contribution in [3.05, 3.63) is 95.9 Å². The van der Waals surface area contributed by atoms with Crippen LogP contribution in [0.15, 0.2) is 79.3 Å². The zero-order valence-electron chi connectivity index (χ0n) is 19.3. The molecule has 0 bridgehead atoms. The number of benzene rings is 2. The molecule has 2 aromatic heterocycles. The zero-order chi connectivity index (χ0) is 23.4. The number of hydrogen-bond donors (Lipinski definition) is 2. The van der Waals surface area contributed by atoms with Crippen molar-refractivity contribution in [2.45, 2.75) is 33.1 Å². The van der Waals surface area contributed by atoms with Crippen LogP contribution in [0.1, 0.15) is 42.3 Å². The largest absolute Gasteiger partial charge is 0.325 e. The van der Waals surface area contributed by atoms with Crippen LogP contribution in [0.5, 0.6) is 0 Å². The van der Waals surface area contributed by atoms with Gasteiger partial charge in [0.15, 0.2) is 0 Å². The van der Waals surface area contributed by atoms with Crippen LogP contribution < -0.4 is 10.6 Å². The topological polar surface area (TPSA) is 79.8 Å². The number of carbonyl (C=O) groups is 1. The van der Waals surface area contributed by atoms with Crippen LogP contribution in [0, 0.1) is 6.92 Å². The van der Waals surface area contributed by atoms with Crippen molar-refractivity contribution in [1.82, 2.24) is 15.0 Å². The third-order valence-electron chi connectivity index (χ3n) is 5.46. The summed E-state index contributed by atoms with van der Waals surface area (Å²) in [6.07, 6.45) is 3.24. The molecule has 0 aliphatic carbocycles. The summed E-state index contributed by atoms with van der Waals surface area (Å²) in [4.78, 5) is 25.9. The van der Waals surface area contributed by atoms with Crippen LogP contribution in [0.25, 0.3) is 11.3 Å². The molecule has 2 aromatic carbocycles. The van der Waals surface area contributed by atoms with Crippen LogP contribution in [0.4, 0.5) is 17.3 Å². The lowest BCUT2D eigenvalue weighted by molar-refractivity contribution is 0.102. The molecule has 0 fully saturated rings. The summed E-state index contributed by atoms with van der Waals surface area (Å²) in [5.74, 6) is 1.21. The predicted molar refractivity (Wildman–Crippen MR) is 133 cm³/mol. The molecular formula is C27H27N5O. The number of nitrogens with zero attached hydrogens (tertiary/aromatic N) is 3. The van der Waals surface area contributed by atoms with Crippen LogP contribution in [0.2, 0.25) is 0 Å². The second kappa shape index (κ2) is 9.20. The predicted octanol–water partition coefficient (Wildman–Crippen LogP) is 6.14. The Morgan fingerprint density at radius 3 is 2.33 bits per heavy atom. The van der Waals surface area contributed by atoms with Crippen molar-refractivity contribution in [3.8, 4) is 11.3 Å². The summed E-state index contributed by atoms with van der Waals surface area (Å²) < 4.78 is 0. The monoisotopic (exact) mass is 437 g/mol. The van der Waals surface area contributed by atoms with Gasteiger partial charge in [0.2, 0.25) is 0 Å². The van der Waals surface area contributed by atoms with E-state index in [9.17, 15) is 4.79 Å². The van der Waals surface area contributed by atoms with E-state index in [0.717, 1.165) is 22.5 Å². The zero-order valence-corrected chi connectivity index (χ0v) is 19.3. The van der Waals surface area contributed by atoms with Gasteiger partial charge in [-0.15, -0.1) is 0 Å². The van der Waals surface area contributed by atoms with E-state index in [-0.39, 0.29) is 11.3 Å². The molecule has 6 nitrogen and oxygen atoms in total. The highest BCUT2D eigenvalue weighted by Crippen LogP contribution is 2.29. The maximum absolute atomic E-state index is 12.9. The van der Waals surface area contributed by atoms with Gasteiger partial charge >= 0.3 is 0 Å². The number of nitrogens with one attached hydrogen (secondary N) is 2. The van der Waals surface area contributed by atoms with Crippen molar-refractivity contribution in [2.75, 3.05) is 10.6 Å². The van der Waals surface area contributed by atoms with Gasteiger partial charge in [0.25, 0.3) is 5.91 Å². The molecule has 0 atom stereocenters. The van der Waals surface area contributed by atoms with Crippen LogP contribution in [-0.2, 0) is 5.41 Å². The van der Waals surface area contributed by atoms with Gasteiger partial charge in [-0.1, -0.05) is 51.1 Å². The Morgan fingerprint density at radius 2 is 1.64 bits per heavy atom. The Morgan fingerprint density at radius 1 is 0.848 bits per heavy atom. The third-order valence-corrected chi connectivity index (χ3v) is 5.46. The molecule has 0 saturated heterocycles. The number of anilines is 3. The van der Waals surface area contributed by atoms with Crippen LogP contribution in [-0.4, -0.2) is 20.9 Å². The molecule has 4 aromatic rings. The summed E-state index contributed by atoms with van der Waals surface area (Å²) in [6.45, 7) is 8.44. The van der Waals surface area contributed by atoms with Gasteiger partial charge in [0, 0.05) is 29.1 Å². The van der Waals surface area contributed by atoms with Crippen molar-refractivity contribution < 1.29 is 4.79 Å². The Hall–Kier alpha value is -4.06. The molecule has 0 aliphatic heterocycles. The average Bonchev–Trinajstić information content (AvgIpc) is 2.81. The Kier molecular flexibility index (Phi) is 6.18. The highest BCUT2D eigenvalue weighted by molar-refractivity contribution is 6.05. The van der Waals surface area contributed by atoms with E-state index in [0.29, 0.717) is 17.2 Å². The average molecular weight is 438 g/mol. The molecule has 0 unspecified atom stereocenters. The van der Waals surface area contributed by atoms with Crippen LogP contribution >= 0.6 is 0 Å². The molecule has 0 saturated carbocycles. The summed E-state index contributed by atoms with van der Waals surface area (Å²) in [5, 5.41) is 6.23. The minimum Gasteiger partial charge on any atom is -0.325 e. The summed E-state index contributed by atoms with van der Waals surface area (Å²) in [7, 11) is 0. The number of carbonyl (C=O) groups excluding carboxylic acids is 1. The minimum absolute atomic E-state index is 0.0434. The molecule has 0 radical (unpaired) electrons. The number of hydrogen-bond acceptors (Lipinski definition) is 5. The van der Waals surface area contributed by atoms with E-state index in [1.54, 1.807) is 6.20 Å². The molecule has 4 rings (SSSR count). The van der Waals surface area contributed by atoms with Gasteiger partial charge in [-0.05, 0) is 53.8 Å². The number of amides is 1. The van der Waals surface area contributed by atoms with E-state index in [1.807, 2.05) is 73.7 Å². The van der Waals surface area contributed by atoms with Crippen molar-refractivity contribution in [3.63, 3.8) is 0 Å². The van der Waals surface area contributed by atoms with Gasteiger partial charge < -0.3 is 10.6 Å². The molecule has 0 spiro atoms. The Bertz CT molecular complexity index is 1260. The lowest BCUT2D eigenvalue weighted by Gasteiger charge is -2.19. The van der Waals surface area contributed by atoms with Crippen molar-refractivity contribution in [1.29, 1.82) is 0 Å². The first-order valence-corrected chi connectivity index (χ1v) is 10.8. The van der Waals surface area contributed by atoms with Gasteiger partial charge in [-0.25, -0.2) is 15.0 Å². The third kappa shape index (κ3) is 5.23. The van der Waals surface area contributed by atoms with Gasteiger partial charge in [-0.3, -0.25) is 4.79 Å². The fourth-order valence-corrected chi connectivity index (χ4v) is 3.51. The summed E-state index contributed by atoms with van der Waals surface area (Å²) in [5.41, 5.74) is 5.21. The molecule has 6 heteroatoms. The summed E-state index contributed by atoms with van der Waals surface area (Å²) in [6, 6.07) is 21.1.